The van der Waals surface area contributed by atoms with Crippen LogP contribution in [0.25, 0.3) is 11.1 Å². The van der Waals surface area contributed by atoms with Crippen molar-refractivity contribution < 1.29 is 23.9 Å². The van der Waals surface area contributed by atoms with Gasteiger partial charge in [-0.25, -0.2) is 9.59 Å². The third-order valence-corrected chi connectivity index (χ3v) is 6.16. The molecule has 0 fully saturated rings. The molecule has 0 bridgehead atoms. The number of carbonyl (C=O) groups excluding carboxylic acids is 3. The summed E-state index contributed by atoms with van der Waals surface area (Å²) in [7, 11) is 0. The summed E-state index contributed by atoms with van der Waals surface area (Å²) in [6, 6.07) is 16.4. The number of unbranched alkanes of at least 4 members (excludes halogenated alkanes) is 1. The van der Waals surface area contributed by atoms with E-state index in [1.165, 1.54) is 29.2 Å². The average molecular weight is 510 g/mol. The molecule has 0 radical (unpaired) electrons. The summed E-state index contributed by atoms with van der Waals surface area (Å²) in [5.74, 6) is -0.0788. The number of rotatable bonds is 11. The second-order valence-electron chi connectivity index (χ2n) is 10.4. The zero-order chi connectivity index (χ0) is 26.8. The van der Waals surface area contributed by atoms with Crippen LogP contribution in [0, 0.1) is 0 Å². The second-order valence-corrected chi connectivity index (χ2v) is 10.4. The van der Waals surface area contributed by atoms with Crippen molar-refractivity contribution in [3.05, 3.63) is 59.7 Å². The molecule has 3 amide bonds. The van der Waals surface area contributed by atoms with Crippen molar-refractivity contribution in [3.63, 3.8) is 0 Å². The predicted molar refractivity (Wildman–Crippen MR) is 143 cm³/mol. The third-order valence-electron chi connectivity index (χ3n) is 6.16. The monoisotopic (exact) mass is 509 g/mol. The first kappa shape index (κ1) is 28.0. The SMILES string of the molecule is CC(=O)N[C@@H](CCCCNC(=O)OCC1c2ccccc2-c2ccccc21)CCNC(=O)OC(C)(C)C. The van der Waals surface area contributed by atoms with Gasteiger partial charge in [-0.3, -0.25) is 4.79 Å². The van der Waals surface area contributed by atoms with Crippen molar-refractivity contribution >= 4 is 18.1 Å². The van der Waals surface area contributed by atoms with E-state index in [4.69, 9.17) is 9.47 Å². The number of benzene rings is 2. The Morgan fingerprint density at radius 3 is 2.03 bits per heavy atom. The lowest BCUT2D eigenvalue weighted by atomic mass is 9.98. The summed E-state index contributed by atoms with van der Waals surface area (Å²) >= 11 is 0. The van der Waals surface area contributed by atoms with Crippen molar-refractivity contribution in [1.82, 2.24) is 16.0 Å². The van der Waals surface area contributed by atoms with Crippen LogP contribution in [-0.4, -0.2) is 49.4 Å². The van der Waals surface area contributed by atoms with Crippen LogP contribution in [0.4, 0.5) is 9.59 Å². The molecule has 2 aromatic rings. The number of carbonyl (C=O) groups is 3. The van der Waals surface area contributed by atoms with Gasteiger partial charge in [0.05, 0.1) is 0 Å². The smallest absolute Gasteiger partial charge is 0.407 e. The van der Waals surface area contributed by atoms with Gasteiger partial charge < -0.3 is 25.4 Å². The van der Waals surface area contributed by atoms with E-state index in [1.807, 2.05) is 45.0 Å². The first-order valence-electron chi connectivity index (χ1n) is 13.0. The quantitative estimate of drug-likeness (QED) is 0.365. The molecule has 37 heavy (non-hydrogen) atoms. The number of hydrogen-bond acceptors (Lipinski definition) is 5. The Labute approximate surface area is 219 Å². The second kappa shape index (κ2) is 13.1. The van der Waals surface area contributed by atoms with Gasteiger partial charge in [0, 0.05) is 32.0 Å². The molecule has 1 atom stereocenters. The minimum Gasteiger partial charge on any atom is -0.449 e. The van der Waals surface area contributed by atoms with Gasteiger partial charge in [0.25, 0.3) is 0 Å². The average Bonchev–Trinajstić information content (AvgIpc) is 3.14. The van der Waals surface area contributed by atoms with Gasteiger partial charge in [-0.05, 0) is 68.7 Å². The van der Waals surface area contributed by atoms with Gasteiger partial charge in [-0.1, -0.05) is 48.5 Å². The van der Waals surface area contributed by atoms with E-state index in [9.17, 15) is 14.4 Å². The van der Waals surface area contributed by atoms with Crippen LogP contribution in [0.5, 0.6) is 0 Å². The van der Waals surface area contributed by atoms with Crippen LogP contribution in [0.15, 0.2) is 48.5 Å². The van der Waals surface area contributed by atoms with E-state index in [0.29, 0.717) is 19.5 Å². The molecular formula is C29H39N3O5. The van der Waals surface area contributed by atoms with Crippen LogP contribution < -0.4 is 16.0 Å². The molecule has 0 saturated heterocycles. The molecule has 0 aliphatic heterocycles. The highest BCUT2D eigenvalue weighted by atomic mass is 16.6. The van der Waals surface area contributed by atoms with Crippen molar-refractivity contribution in [1.29, 1.82) is 0 Å². The van der Waals surface area contributed by atoms with Crippen LogP contribution >= 0.6 is 0 Å². The molecule has 200 valence electrons. The van der Waals surface area contributed by atoms with E-state index in [1.54, 1.807) is 0 Å². The van der Waals surface area contributed by atoms with E-state index in [-0.39, 0.29) is 24.5 Å². The molecule has 8 nitrogen and oxygen atoms in total. The van der Waals surface area contributed by atoms with E-state index in [0.717, 1.165) is 19.3 Å². The Kier molecular flexibility index (Phi) is 9.94. The van der Waals surface area contributed by atoms with E-state index < -0.39 is 17.8 Å². The third kappa shape index (κ3) is 8.81. The highest BCUT2D eigenvalue weighted by Crippen LogP contribution is 2.44. The Hall–Kier alpha value is -3.55. The van der Waals surface area contributed by atoms with Gasteiger partial charge in [-0.15, -0.1) is 0 Å². The lowest BCUT2D eigenvalue weighted by molar-refractivity contribution is -0.119. The molecule has 2 aromatic carbocycles. The lowest BCUT2D eigenvalue weighted by Gasteiger charge is -2.21. The van der Waals surface area contributed by atoms with Gasteiger partial charge in [0.2, 0.25) is 5.91 Å². The molecule has 0 saturated carbocycles. The molecular weight excluding hydrogens is 470 g/mol. The maximum atomic E-state index is 12.3. The highest BCUT2D eigenvalue weighted by molar-refractivity contribution is 5.79. The summed E-state index contributed by atoms with van der Waals surface area (Å²) in [6.07, 6.45) is 1.99. The molecule has 8 heteroatoms. The molecule has 3 rings (SSSR count). The summed E-state index contributed by atoms with van der Waals surface area (Å²) in [4.78, 5) is 35.7. The number of amides is 3. The van der Waals surface area contributed by atoms with Gasteiger partial charge in [-0.2, -0.15) is 0 Å². The summed E-state index contributed by atoms with van der Waals surface area (Å²) < 4.78 is 10.8. The highest BCUT2D eigenvalue weighted by Gasteiger charge is 2.29. The molecule has 1 aliphatic rings. The van der Waals surface area contributed by atoms with Crippen LogP contribution in [0.2, 0.25) is 0 Å². The maximum Gasteiger partial charge on any atom is 0.407 e. The Morgan fingerprint density at radius 1 is 0.838 bits per heavy atom. The van der Waals surface area contributed by atoms with Crippen LogP contribution in [0.3, 0.4) is 0 Å². The zero-order valence-electron chi connectivity index (χ0n) is 22.3. The molecule has 0 unspecified atom stereocenters. The van der Waals surface area contributed by atoms with Crippen LogP contribution in [-0.2, 0) is 14.3 Å². The molecule has 1 aliphatic carbocycles. The maximum absolute atomic E-state index is 12.3. The summed E-state index contributed by atoms with van der Waals surface area (Å²) in [5, 5.41) is 8.48. The molecule has 0 heterocycles. The standard InChI is InChI=1S/C29H39N3O5/c1-20(33)32-21(16-18-31-28(35)37-29(2,3)4)11-9-10-17-30-27(34)36-19-26-24-14-7-5-12-22(24)23-13-6-8-15-25(23)26/h5-8,12-15,21,26H,9-11,16-19H2,1-4H3,(H,30,34)(H,31,35)(H,32,33)/t21-/m0/s1. The molecule has 0 aromatic heterocycles. The minimum atomic E-state index is -0.554. The Bertz CT molecular complexity index is 1030. The zero-order valence-corrected chi connectivity index (χ0v) is 22.3. The van der Waals surface area contributed by atoms with E-state index in [2.05, 4.69) is 40.2 Å². The predicted octanol–water partition coefficient (Wildman–Crippen LogP) is 5.11. The van der Waals surface area contributed by atoms with Crippen LogP contribution in [0.1, 0.15) is 70.4 Å². The number of nitrogens with one attached hydrogen (secondary N) is 3. The summed E-state index contributed by atoms with van der Waals surface area (Å²) in [6.45, 7) is 8.08. The largest absolute Gasteiger partial charge is 0.449 e. The Morgan fingerprint density at radius 2 is 1.43 bits per heavy atom. The molecule has 3 N–H and O–H groups in total. The fourth-order valence-electron chi connectivity index (χ4n) is 4.59. The number of hydrogen-bond donors (Lipinski definition) is 3. The van der Waals surface area contributed by atoms with Gasteiger partial charge in [0.1, 0.15) is 12.2 Å². The van der Waals surface area contributed by atoms with Gasteiger partial charge >= 0.3 is 12.2 Å². The van der Waals surface area contributed by atoms with Crippen molar-refractivity contribution in [2.45, 2.75) is 70.9 Å². The number of alkyl carbamates (subject to hydrolysis) is 2. The van der Waals surface area contributed by atoms with Crippen molar-refractivity contribution in [2.24, 2.45) is 0 Å². The first-order chi connectivity index (χ1) is 17.6. The van der Waals surface area contributed by atoms with Crippen molar-refractivity contribution in [2.75, 3.05) is 19.7 Å². The summed E-state index contributed by atoms with van der Waals surface area (Å²) in [5.41, 5.74) is 4.20. The normalized spacial score (nSPS) is 13.2. The minimum absolute atomic E-state index is 0.0332. The fraction of sp³-hybridized carbons (Fsp3) is 0.483. The molecule has 0 spiro atoms. The first-order valence-corrected chi connectivity index (χ1v) is 13.0. The van der Waals surface area contributed by atoms with E-state index >= 15 is 0 Å². The lowest BCUT2D eigenvalue weighted by Crippen LogP contribution is -2.38. The van der Waals surface area contributed by atoms with Gasteiger partial charge in [0.15, 0.2) is 0 Å². The number of fused-ring (bicyclic) bond motifs is 3. The van der Waals surface area contributed by atoms with Crippen molar-refractivity contribution in [3.8, 4) is 11.1 Å². The fourth-order valence-corrected chi connectivity index (χ4v) is 4.59. The number of ether oxygens (including phenoxy) is 2. The Balaban J connectivity index is 1.36. The topological polar surface area (TPSA) is 106 Å².